The lowest BCUT2D eigenvalue weighted by Gasteiger charge is -2.27. The largest absolute Gasteiger partial charge is 0.756 e. The first-order chi connectivity index (χ1) is 19.2. The lowest BCUT2D eigenvalue weighted by molar-refractivity contribution is -0.870. The lowest BCUT2D eigenvalue weighted by atomic mass is 10.0. The molecule has 0 bridgehead atoms. The monoisotopic (exact) mass is 699 g/mol. The number of quaternary nitrogens is 1. The van der Waals surface area contributed by atoms with E-state index in [9.17, 15) is 9.46 Å². The molecule has 0 aromatic heterocycles. The van der Waals surface area contributed by atoms with Crippen LogP contribution in [0.2, 0.25) is 0 Å². The molecule has 0 radical (unpaired) electrons. The van der Waals surface area contributed by atoms with Crippen molar-refractivity contribution in [1.82, 2.24) is 0 Å². The maximum atomic E-state index is 11.7. The third-order valence-corrected chi connectivity index (χ3v) is 8.83. The van der Waals surface area contributed by atoms with Crippen molar-refractivity contribution in [1.29, 1.82) is 0 Å². The fourth-order valence-corrected chi connectivity index (χ4v) is 5.65. The normalized spacial score (nSPS) is 13.5. The summed E-state index contributed by atoms with van der Waals surface area (Å²) in [7, 11) is 1.75. The summed E-state index contributed by atoms with van der Waals surface area (Å²) in [6.07, 6.45) is 23.3. The van der Waals surface area contributed by atoms with E-state index >= 15 is 0 Å². The quantitative estimate of drug-likeness (QED) is 0.0379. The van der Waals surface area contributed by atoms with Crippen molar-refractivity contribution in [2.24, 2.45) is 0 Å². The van der Waals surface area contributed by atoms with Gasteiger partial charge in [-0.05, 0) is 66.0 Å². The average Bonchev–Trinajstić information content (AvgIpc) is 2.89. The molecule has 1 atom stereocenters. The van der Waals surface area contributed by atoms with E-state index in [2.05, 4.69) is 46.9 Å². The molecule has 0 fully saturated rings. The van der Waals surface area contributed by atoms with Gasteiger partial charge in [0.25, 0.3) is 7.82 Å². The fraction of sp³-hybridized carbons (Fsp3) is 0.812. The van der Waals surface area contributed by atoms with Crippen LogP contribution in [-0.2, 0) is 24.8 Å². The van der Waals surface area contributed by atoms with Crippen LogP contribution in [0.5, 0.6) is 0 Å². The molecule has 40 heavy (non-hydrogen) atoms. The number of nitrogens with zero attached hydrogens (tertiary/aromatic N) is 1. The second kappa shape index (κ2) is 24.4. The molecule has 1 aromatic rings. The van der Waals surface area contributed by atoms with Crippen LogP contribution in [0.1, 0.15) is 115 Å². The topological polar surface area (TPSA) is 67.8 Å². The van der Waals surface area contributed by atoms with Crippen molar-refractivity contribution >= 4 is 30.4 Å². The summed E-state index contributed by atoms with van der Waals surface area (Å²) in [5.74, 6) is 0. The van der Waals surface area contributed by atoms with Gasteiger partial charge in [-0.15, -0.1) is 0 Å². The van der Waals surface area contributed by atoms with Crippen LogP contribution in [0, 0.1) is 3.57 Å². The standard InChI is InChI=1S/C32H59INO5P/c1-34(2,3)26-30-39-40(35,36)38-29-20-28-37-27-19-17-15-13-11-9-7-5-4-6-8-10-12-14-16-18-21-31-22-24-32(33)25-23-31/h22-25H,4-21,26-30H2,1-3H3/i33+4. The van der Waals surface area contributed by atoms with Crippen molar-refractivity contribution < 1.29 is 27.7 Å². The number of benzene rings is 1. The maximum Gasteiger partial charge on any atom is 0.268 e. The van der Waals surface area contributed by atoms with Crippen LogP contribution in [-0.4, -0.2) is 58.6 Å². The number of aryl methyl sites for hydroxylation is 1. The predicted octanol–water partition coefficient (Wildman–Crippen LogP) is 8.69. The van der Waals surface area contributed by atoms with Crippen molar-refractivity contribution in [2.45, 2.75) is 116 Å². The third-order valence-electron chi connectivity index (χ3n) is 7.11. The van der Waals surface area contributed by atoms with Crippen molar-refractivity contribution in [3.05, 3.63) is 33.4 Å². The highest BCUT2D eigenvalue weighted by molar-refractivity contribution is 14.1. The summed E-state index contributed by atoms with van der Waals surface area (Å²) in [6.45, 7) is 2.11. The average molecular weight is 700 g/mol. The van der Waals surface area contributed by atoms with E-state index in [1.807, 2.05) is 21.1 Å². The molecule has 0 spiro atoms. The second-order valence-electron chi connectivity index (χ2n) is 12.1. The Hall–Kier alpha value is -0.0200. The van der Waals surface area contributed by atoms with Crippen molar-refractivity contribution in [3.63, 3.8) is 0 Å². The molecule has 0 N–H and O–H groups in total. The molecule has 1 rings (SSSR count). The predicted molar refractivity (Wildman–Crippen MR) is 175 cm³/mol. The van der Waals surface area contributed by atoms with Crippen LogP contribution < -0.4 is 4.89 Å². The summed E-state index contributed by atoms with van der Waals surface area (Å²) >= 11 is 2.37. The van der Waals surface area contributed by atoms with Crippen LogP contribution in [0.3, 0.4) is 0 Å². The van der Waals surface area contributed by atoms with E-state index in [1.165, 1.54) is 112 Å². The highest BCUT2D eigenvalue weighted by atomic mass is 131. The van der Waals surface area contributed by atoms with E-state index in [4.69, 9.17) is 13.8 Å². The zero-order valence-corrected chi connectivity index (χ0v) is 28.9. The maximum absolute atomic E-state index is 11.7. The van der Waals surface area contributed by atoms with Crippen LogP contribution >= 0.6 is 30.4 Å². The third kappa shape index (κ3) is 25.7. The Bertz CT molecular complexity index is 757. The molecule has 8 heteroatoms. The molecule has 6 nitrogen and oxygen atoms in total. The van der Waals surface area contributed by atoms with Crippen molar-refractivity contribution in [3.8, 4) is 0 Å². The SMILES string of the molecule is C[N+](C)(C)CCOP(=O)([O-])OCCCOCCCCCCCCCCCCCCCCCCc1ccc([131I])cc1. The van der Waals surface area contributed by atoms with Crippen molar-refractivity contribution in [2.75, 3.05) is 54.1 Å². The molecule has 0 aliphatic carbocycles. The minimum Gasteiger partial charge on any atom is -0.756 e. The van der Waals surface area contributed by atoms with Gasteiger partial charge in [0.15, 0.2) is 0 Å². The molecule has 1 aromatic carbocycles. The minimum absolute atomic E-state index is 0.111. The number of phosphoric ester groups is 1. The first-order valence-electron chi connectivity index (χ1n) is 15.9. The Morgan fingerprint density at radius 1 is 0.625 bits per heavy atom. The molecule has 0 heterocycles. The van der Waals surface area contributed by atoms with E-state index < -0.39 is 7.82 Å². The number of ether oxygens (including phenoxy) is 1. The van der Waals surface area contributed by atoms with E-state index in [0.717, 1.165) is 13.0 Å². The zero-order chi connectivity index (χ0) is 29.4. The molecule has 1 unspecified atom stereocenters. The van der Waals surface area contributed by atoms with Crippen LogP contribution in [0.15, 0.2) is 24.3 Å². The summed E-state index contributed by atoms with van der Waals surface area (Å²) in [5, 5.41) is 0. The Morgan fingerprint density at radius 3 is 1.55 bits per heavy atom. The number of hydrogen-bond acceptors (Lipinski definition) is 5. The van der Waals surface area contributed by atoms with E-state index in [0.29, 0.717) is 24.1 Å². The summed E-state index contributed by atoms with van der Waals surface area (Å²) in [4.78, 5) is 11.7. The number of phosphoric acid groups is 1. The Labute approximate surface area is 260 Å². The fourth-order valence-electron chi connectivity index (χ4n) is 4.56. The van der Waals surface area contributed by atoms with Gasteiger partial charge >= 0.3 is 0 Å². The summed E-state index contributed by atoms with van der Waals surface area (Å²) in [5.41, 5.74) is 1.48. The molecule has 0 saturated carbocycles. The van der Waals surface area contributed by atoms with Gasteiger partial charge < -0.3 is 23.2 Å². The van der Waals surface area contributed by atoms with E-state index in [1.54, 1.807) is 0 Å². The Kier molecular flexibility index (Phi) is 23.2. The van der Waals surface area contributed by atoms with Gasteiger partial charge in [-0.25, -0.2) is 0 Å². The highest BCUT2D eigenvalue weighted by Gasteiger charge is 2.13. The van der Waals surface area contributed by atoms with Gasteiger partial charge in [-0.2, -0.15) is 0 Å². The van der Waals surface area contributed by atoms with Gasteiger partial charge in [0.1, 0.15) is 13.2 Å². The minimum atomic E-state index is -4.20. The number of unbranched alkanes of at least 4 members (excludes halogenated alkanes) is 15. The van der Waals surface area contributed by atoms with Gasteiger partial charge in [-0.1, -0.05) is 102 Å². The zero-order valence-electron chi connectivity index (χ0n) is 25.9. The molecule has 234 valence electrons. The molecule has 0 amide bonds. The smallest absolute Gasteiger partial charge is 0.268 e. The summed E-state index contributed by atoms with van der Waals surface area (Å²) in [6, 6.07) is 8.96. The Balaban J connectivity index is 1.72. The number of halogens is 1. The Morgan fingerprint density at radius 2 is 1.05 bits per heavy atom. The highest BCUT2D eigenvalue weighted by Crippen LogP contribution is 2.38. The molecule has 0 aliphatic heterocycles. The summed E-state index contributed by atoms with van der Waals surface area (Å²) < 4.78 is 29.0. The second-order valence-corrected chi connectivity index (χ2v) is 14.8. The lowest BCUT2D eigenvalue weighted by Crippen LogP contribution is -2.37. The van der Waals surface area contributed by atoms with Gasteiger partial charge in [0.05, 0.1) is 27.7 Å². The van der Waals surface area contributed by atoms with Crippen LogP contribution in [0.25, 0.3) is 0 Å². The number of rotatable bonds is 28. The van der Waals surface area contributed by atoms with Gasteiger partial charge in [0, 0.05) is 16.8 Å². The molecule has 0 aliphatic rings. The van der Waals surface area contributed by atoms with E-state index in [-0.39, 0.29) is 13.2 Å². The number of likely N-dealkylation sites (N-methyl/N-ethyl adjacent to an activating group) is 1. The molecular formula is C32H59INO5P. The first kappa shape index (κ1) is 38.0. The first-order valence-corrected chi connectivity index (χ1v) is 18.4. The van der Waals surface area contributed by atoms with Crippen LogP contribution in [0.4, 0.5) is 0 Å². The van der Waals surface area contributed by atoms with Gasteiger partial charge in [-0.3, -0.25) is 4.57 Å². The van der Waals surface area contributed by atoms with Gasteiger partial charge in [0.2, 0.25) is 0 Å². The molecular weight excluding hydrogens is 640 g/mol. The molecule has 0 saturated heterocycles. The number of hydrogen-bond donors (Lipinski definition) is 0.